The van der Waals surface area contributed by atoms with E-state index in [4.69, 9.17) is 0 Å². The van der Waals surface area contributed by atoms with Gasteiger partial charge in [-0.3, -0.25) is 0 Å². The molecule has 0 aliphatic rings. The van der Waals surface area contributed by atoms with Crippen molar-refractivity contribution >= 4 is 22.5 Å². The Kier molecular flexibility index (Phi) is 2.72. The number of benzene rings is 2. The second-order valence-corrected chi connectivity index (χ2v) is 5.06. The van der Waals surface area contributed by atoms with Crippen molar-refractivity contribution in [2.45, 2.75) is 10.1 Å². The van der Waals surface area contributed by atoms with E-state index in [1.54, 1.807) is 24.0 Å². The zero-order valence-electron chi connectivity index (χ0n) is 9.87. The van der Waals surface area contributed by atoms with E-state index in [2.05, 4.69) is 4.98 Å². The average molecular weight is 256 g/mol. The first-order valence-electron chi connectivity index (χ1n) is 5.61. The third-order valence-corrected chi connectivity index (χ3v) is 3.99. The lowest BCUT2D eigenvalue weighted by Gasteiger charge is -2.07. The molecular weight excluding hydrogens is 244 g/mol. The van der Waals surface area contributed by atoms with Crippen molar-refractivity contribution in [3.63, 3.8) is 0 Å². The second kappa shape index (κ2) is 4.38. The predicted octanol–water partition coefficient (Wildman–Crippen LogP) is 3.43. The van der Waals surface area contributed by atoms with Gasteiger partial charge in [-0.2, -0.15) is 0 Å². The fraction of sp³-hybridized carbons (Fsp3) is 0.0714. The summed E-state index contributed by atoms with van der Waals surface area (Å²) in [5.74, 6) is 0.315. The van der Waals surface area contributed by atoms with E-state index in [9.17, 15) is 5.11 Å². The highest BCUT2D eigenvalue weighted by molar-refractivity contribution is 7.99. The van der Waals surface area contributed by atoms with Gasteiger partial charge in [0.15, 0.2) is 5.16 Å². The van der Waals surface area contributed by atoms with Gasteiger partial charge in [-0.05, 0) is 17.5 Å². The first-order chi connectivity index (χ1) is 8.75. The maximum atomic E-state index is 9.85. The molecule has 0 saturated carbocycles. The van der Waals surface area contributed by atoms with Crippen LogP contribution in [-0.2, 0) is 7.05 Å². The van der Waals surface area contributed by atoms with E-state index in [0.717, 1.165) is 20.8 Å². The summed E-state index contributed by atoms with van der Waals surface area (Å²) in [6.07, 6.45) is 3.70. The molecule has 0 radical (unpaired) electrons. The molecule has 3 nitrogen and oxygen atoms in total. The highest BCUT2D eigenvalue weighted by atomic mass is 32.2. The average Bonchev–Trinajstić information content (AvgIpc) is 2.79. The minimum atomic E-state index is 0.315. The van der Waals surface area contributed by atoms with Gasteiger partial charge in [-0.15, -0.1) is 0 Å². The van der Waals surface area contributed by atoms with Gasteiger partial charge in [0.25, 0.3) is 0 Å². The predicted molar refractivity (Wildman–Crippen MR) is 72.9 cm³/mol. The molecule has 18 heavy (non-hydrogen) atoms. The van der Waals surface area contributed by atoms with E-state index in [-0.39, 0.29) is 0 Å². The van der Waals surface area contributed by atoms with Crippen molar-refractivity contribution in [1.82, 2.24) is 9.55 Å². The molecule has 0 aliphatic heterocycles. The number of fused-ring (bicyclic) bond motifs is 1. The Balaban J connectivity index is 2.13. The minimum Gasteiger partial charge on any atom is -0.507 e. The molecule has 4 heteroatoms. The smallest absolute Gasteiger partial charge is 0.172 e. The van der Waals surface area contributed by atoms with Gasteiger partial charge in [-0.1, -0.05) is 36.0 Å². The Morgan fingerprint density at radius 3 is 2.61 bits per heavy atom. The van der Waals surface area contributed by atoms with Crippen LogP contribution >= 0.6 is 11.8 Å². The van der Waals surface area contributed by atoms with Crippen LogP contribution in [0.3, 0.4) is 0 Å². The lowest BCUT2D eigenvalue weighted by Crippen LogP contribution is -1.88. The molecule has 0 bridgehead atoms. The van der Waals surface area contributed by atoms with Crippen LogP contribution in [-0.4, -0.2) is 14.7 Å². The van der Waals surface area contributed by atoms with Crippen molar-refractivity contribution in [2.75, 3.05) is 0 Å². The largest absolute Gasteiger partial charge is 0.507 e. The Morgan fingerprint density at radius 1 is 1.11 bits per heavy atom. The zero-order chi connectivity index (χ0) is 12.5. The van der Waals surface area contributed by atoms with E-state index in [1.165, 1.54) is 0 Å². The molecule has 0 saturated heterocycles. The summed E-state index contributed by atoms with van der Waals surface area (Å²) < 4.78 is 1.98. The lowest BCUT2D eigenvalue weighted by atomic mass is 10.1. The molecule has 2 aromatic carbocycles. The van der Waals surface area contributed by atoms with Crippen LogP contribution in [0.4, 0.5) is 0 Å². The van der Waals surface area contributed by atoms with Crippen LogP contribution in [0.15, 0.2) is 58.8 Å². The quantitative estimate of drug-likeness (QED) is 0.763. The molecule has 3 rings (SSSR count). The first-order valence-corrected chi connectivity index (χ1v) is 6.43. The first kappa shape index (κ1) is 11.2. The van der Waals surface area contributed by atoms with Crippen molar-refractivity contribution in [2.24, 2.45) is 7.05 Å². The number of phenolic OH excluding ortho intramolecular Hbond substituents is 1. The van der Waals surface area contributed by atoms with Gasteiger partial charge in [-0.25, -0.2) is 4.98 Å². The number of rotatable bonds is 2. The van der Waals surface area contributed by atoms with Gasteiger partial charge in [0.2, 0.25) is 0 Å². The minimum absolute atomic E-state index is 0.315. The Hall–Kier alpha value is -1.94. The number of hydrogen-bond acceptors (Lipinski definition) is 3. The molecule has 1 heterocycles. The summed E-state index contributed by atoms with van der Waals surface area (Å²) in [4.78, 5) is 5.40. The zero-order valence-corrected chi connectivity index (χ0v) is 10.7. The number of imidazole rings is 1. The highest BCUT2D eigenvalue weighted by Gasteiger charge is 2.08. The molecule has 0 atom stereocenters. The van der Waals surface area contributed by atoms with E-state index in [0.29, 0.717) is 5.75 Å². The topological polar surface area (TPSA) is 38.0 Å². The van der Waals surface area contributed by atoms with Crippen molar-refractivity contribution in [3.8, 4) is 5.75 Å². The van der Waals surface area contributed by atoms with Crippen LogP contribution in [0, 0.1) is 0 Å². The van der Waals surface area contributed by atoms with Crippen LogP contribution < -0.4 is 0 Å². The second-order valence-electron chi connectivity index (χ2n) is 4.05. The summed E-state index contributed by atoms with van der Waals surface area (Å²) in [6, 6.07) is 11.5. The maximum absolute atomic E-state index is 9.85. The molecule has 0 spiro atoms. The standard InChI is InChI=1S/C14H12N2OS/c1-16-9-8-15-14(16)18-13-7-6-12(17)10-4-2-3-5-11(10)13/h2-9,17H,1H3. The van der Waals surface area contributed by atoms with Gasteiger partial charge in [0.05, 0.1) is 0 Å². The van der Waals surface area contributed by atoms with Gasteiger partial charge in [0.1, 0.15) is 5.75 Å². The fourth-order valence-electron chi connectivity index (χ4n) is 1.89. The van der Waals surface area contributed by atoms with Crippen molar-refractivity contribution in [1.29, 1.82) is 0 Å². The fourth-order valence-corrected chi connectivity index (χ4v) is 2.83. The maximum Gasteiger partial charge on any atom is 0.172 e. The van der Waals surface area contributed by atoms with Crippen molar-refractivity contribution < 1.29 is 5.11 Å². The summed E-state index contributed by atoms with van der Waals surface area (Å²) in [5.41, 5.74) is 0. The number of aromatic nitrogens is 2. The number of hydrogen-bond donors (Lipinski definition) is 1. The third kappa shape index (κ3) is 1.84. The molecule has 0 unspecified atom stereocenters. The van der Waals surface area contributed by atoms with Gasteiger partial charge in [0, 0.05) is 29.7 Å². The molecule has 0 amide bonds. The van der Waals surface area contributed by atoms with Gasteiger partial charge < -0.3 is 9.67 Å². The summed E-state index contributed by atoms with van der Waals surface area (Å²) >= 11 is 1.60. The number of nitrogens with zero attached hydrogens (tertiary/aromatic N) is 2. The Bertz CT molecular complexity index is 706. The number of aromatic hydroxyl groups is 1. The molecule has 1 aromatic heterocycles. The Morgan fingerprint density at radius 2 is 1.89 bits per heavy atom. The molecule has 0 fully saturated rings. The third-order valence-electron chi connectivity index (χ3n) is 2.84. The Labute approximate surface area is 109 Å². The van der Waals surface area contributed by atoms with Crippen LogP contribution in [0.5, 0.6) is 5.75 Å². The van der Waals surface area contributed by atoms with E-state index in [1.807, 2.05) is 48.1 Å². The summed E-state index contributed by atoms with van der Waals surface area (Å²) in [7, 11) is 1.97. The van der Waals surface area contributed by atoms with E-state index < -0.39 is 0 Å². The molecule has 1 N–H and O–H groups in total. The molecule has 90 valence electrons. The lowest BCUT2D eigenvalue weighted by molar-refractivity contribution is 0.481. The van der Waals surface area contributed by atoms with Crippen LogP contribution in [0.2, 0.25) is 0 Å². The highest BCUT2D eigenvalue weighted by Crippen LogP contribution is 2.35. The van der Waals surface area contributed by atoms with E-state index >= 15 is 0 Å². The van der Waals surface area contributed by atoms with Gasteiger partial charge >= 0.3 is 0 Å². The number of phenols is 1. The summed E-state index contributed by atoms with van der Waals surface area (Å²) in [5, 5.41) is 12.7. The van der Waals surface area contributed by atoms with Crippen molar-refractivity contribution in [3.05, 3.63) is 48.8 Å². The summed E-state index contributed by atoms with van der Waals surface area (Å²) in [6.45, 7) is 0. The van der Waals surface area contributed by atoms with Crippen LogP contribution in [0.1, 0.15) is 0 Å². The molecule has 0 aliphatic carbocycles. The molecular formula is C14H12N2OS. The molecule has 3 aromatic rings. The SMILES string of the molecule is Cn1ccnc1Sc1ccc(O)c2ccccc12. The number of aryl methyl sites for hydroxylation is 1. The van der Waals surface area contributed by atoms with Crippen LogP contribution in [0.25, 0.3) is 10.8 Å². The monoisotopic (exact) mass is 256 g/mol. The normalized spacial score (nSPS) is 10.9.